The Morgan fingerprint density at radius 3 is 2.79 bits per heavy atom. The standard InChI is InChI=1S/C17H19N5O2/c1-24-13-4-2-12(3-5-13)22-9-11-8-20-16(18)21-14(11)17(15(22)23)6-7-19-10-17/h2-5,8,19H,6-7,9-10H2,1H3,(H2,18,20,21). The number of anilines is 2. The summed E-state index contributed by atoms with van der Waals surface area (Å²) in [6.07, 6.45) is 2.45. The highest BCUT2D eigenvalue weighted by Crippen LogP contribution is 2.40. The second kappa shape index (κ2) is 5.45. The third kappa shape index (κ3) is 2.12. The van der Waals surface area contributed by atoms with Gasteiger partial charge in [-0.15, -0.1) is 0 Å². The summed E-state index contributed by atoms with van der Waals surface area (Å²) >= 11 is 0. The maximum absolute atomic E-state index is 13.3. The Morgan fingerprint density at radius 2 is 2.12 bits per heavy atom. The van der Waals surface area contributed by atoms with Crippen molar-refractivity contribution in [2.75, 3.05) is 30.8 Å². The first-order chi connectivity index (χ1) is 11.6. The Balaban J connectivity index is 1.81. The molecule has 7 nitrogen and oxygen atoms in total. The van der Waals surface area contributed by atoms with Crippen LogP contribution in [0.4, 0.5) is 11.6 Å². The van der Waals surface area contributed by atoms with Gasteiger partial charge in [-0.05, 0) is 37.2 Å². The van der Waals surface area contributed by atoms with Crippen LogP contribution in [0.5, 0.6) is 5.75 Å². The predicted molar refractivity (Wildman–Crippen MR) is 89.8 cm³/mol. The van der Waals surface area contributed by atoms with Crippen molar-refractivity contribution >= 4 is 17.5 Å². The summed E-state index contributed by atoms with van der Waals surface area (Å²) in [6.45, 7) is 1.80. The second-order valence-electron chi connectivity index (χ2n) is 6.20. The molecule has 1 unspecified atom stereocenters. The van der Waals surface area contributed by atoms with Gasteiger partial charge in [-0.1, -0.05) is 0 Å². The molecule has 124 valence electrons. The summed E-state index contributed by atoms with van der Waals surface area (Å²) in [4.78, 5) is 23.7. The first-order valence-corrected chi connectivity index (χ1v) is 7.93. The Labute approximate surface area is 139 Å². The van der Waals surface area contributed by atoms with Gasteiger partial charge >= 0.3 is 0 Å². The number of hydrogen-bond acceptors (Lipinski definition) is 6. The maximum atomic E-state index is 13.3. The average Bonchev–Trinajstić information content (AvgIpc) is 3.10. The molecule has 1 saturated heterocycles. The van der Waals surface area contributed by atoms with Gasteiger partial charge in [0.15, 0.2) is 0 Å². The van der Waals surface area contributed by atoms with Gasteiger partial charge in [0.05, 0.1) is 19.3 Å². The number of nitrogens with two attached hydrogens (primary N) is 1. The molecule has 2 aliphatic rings. The first kappa shape index (κ1) is 14.9. The van der Waals surface area contributed by atoms with Crippen LogP contribution in [-0.4, -0.2) is 36.1 Å². The number of amides is 1. The molecule has 2 aliphatic heterocycles. The zero-order valence-electron chi connectivity index (χ0n) is 13.5. The number of carbonyl (C=O) groups excluding carboxylic acids is 1. The smallest absolute Gasteiger partial charge is 0.240 e. The van der Waals surface area contributed by atoms with Gasteiger partial charge in [0.1, 0.15) is 11.2 Å². The fourth-order valence-electron chi connectivity index (χ4n) is 3.60. The van der Waals surface area contributed by atoms with E-state index in [2.05, 4.69) is 15.3 Å². The molecule has 7 heteroatoms. The Morgan fingerprint density at radius 1 is 1.33 bits per heavy atom. The summed E-state index contributed by atoms with van der Waals surface area (Å²) < 4.78 is 5.20. The van der Waals surface area contributed by atoms with E-state index < -0.39 is 5.41 Å². The molecule has 0 saturated carbocycles. The lowest BCUT2D eigenvalue weighted by Crippen LogP contribution is -2.53. The Kier molecular flexibility index (Phi) is 3.38. The summed E-state index contributed by atoms with van der Waals surface area (Å²) in [7, 11) is 1.62. The van der Waals surface area contributed by atoms with Crippen LogP contribution in [0.15, 0.2) is 30.5 Å². The van der Waals surface area contributed by atoms with Crippen LogP contribution in [0.2, 0.25) is 0 Å². The van der Waals surface area contributed by atoms with Crippen LogP contribution in [0.25, 0.3) is 0 Å². The summed E-state index contributed by atoms with van der Waals surface area (Å²) in [5.41, 5.74) is 7.68. The lowest BCUT2D eigenvalue weighted by Gasteiger charge is -2.39. The van der Waals surface area contributed by atoms with Crippen LogP contribution in [-0.2, 0) is 16.8 Å². The zero-order chi connectivity index (χ0) is 16.7. The molecule has 1 atom stereocenters. The minimum Gasteiger partial charge on any atom is -0.497 e. The molecule has 1 aromatic carbocycles. The van der Waals surface area contributed by atoms with Crippen molar-refractivity contribution in [2.45, 2.75) is 18.4 Å². The van der Waals surface area contributed by atoms with Gasteiger partial charge in [-0.25, -0.2) is 9.97 Å². The minimum absolute atomic E-state index is 0.0586. The van der Waals surface area contributed by atoms with Crippen molar-refractivity contribution in [2.24, 2.45) is 0 Å². The molecule has 1 amide bonds. The van der Waals surface area contributed by atoms with Crippen molar-refractivity contribution < 1.29 is 9.53 Å². The topological polar surface area (TPSA) is 93.4 Å². The van der Waals surface area contributed by atoms with E-state index in [-0.39, 0.29) is 11.9 Å². The molecule has 0 aliphatic carbocycles. The third-order valence-electron chi connectivity index (χ3n) is 4.86. The fourth-order valence-corrected chi connectivity index (χ4v) is 3.60. The summed E-state index contributed by atoms with van der Waals surface area (Å²) in [6, 6.07) is 7.51. The molecular weight excluding hydrogens is 306 g/mol. The number of nitrogens with one attached hydrogen (secondary N) is 1. The molecule has 24 heavy (non-hydrogen) atoms. The van der Waals surface area contributed by atoms with Crippen molar-refractivity contribution in [3.05, 3.63) is 41.7 Å². The van der Waals surface area contributed by atoms with Crippen LogP contribution in [0.1, 0.15) is 17.7 Å². The average molecular weight is 325 g/mol. The van der Waals surface area contributed by atoms with Crippen LogP contribution < -0.4 is 20.7 Å². The van der Waals surface area contributed by atoms with Crippen LogP contribution in [0, 0.1) is 0 Å². The number of hydrogen-bond donors (Lipinski definition) is 2. The molecule has 0 radical (unpaired) electrons. The number of ether oxygens (including phenoxy) is 1. The number of benzene rings is 1. The number of rotatable bonds is 2. The van der Waals surface area contributed by atoms with E-state index in [4.69, 9.17) is 10.5 Å². The number of methoxy groups -OCH3 is 1. The van der Waals surface area contributed by atoms with Gasteiger partial charge < -0.3 is 20.7 Å². The summed E-state index contributed by atoms with van der Waals surface area (Å²) in [5, 5.41) is 3.30. The summed E-state index contributed by atoms with van der Waals surface area (Å²) in [5.74, 6) is 1.03. The molecule has 1 spiro atoms. The molecule has 1 fully saturated rings. The predicted octanol–water partition coefficient (Wildman–Crippen LogP) is 0.845. The quantitative estimate of drug-likeness (QED) is 0.850. The Bertz CT molecular complexity index is 784. The van der Waals surface area contributed by atoms with E-state index in [0.717, 1.165) is 29.2 Å². The lowest BCUT2D eigenvalue weighted by molar-refractivity contribution is -0.124. The maximum Gasteiger partial charge on any atom is 0.240 e. The van der Waals surface area contributed by atoms with Crippen LogP contribution in [0.3, 0.4) is 0 Å². The minimum atomic E-state index is -0.662. The van der Waals surface area contributed by atoms with Gasteiger partial charge in [0.2, 0.25) is 11.9 Å². The Hall–Kier alpha value is -2.67. The van der Waals surface area contributed by atoms with E-state index in [1.165, 1.54) is 0 Å². The molecule has 3 heterocycles. The van der Waals surface area contributed by atoms with E-state index in [0.29, 0.717) is 19.5 Å². The van der Waals surface area contributed by atoms with Gasteiger partial charge in [-0.3, -0.25) is 4.79 Å². The molecule has 0 bridgehead atoms. The number of nitrogens with zero attached hydrogens (tertiary/aromatic N) is 3. The number of aromatic nitrogens is 2. The number of nitrogen functional groups attached to an aromatic ring is 1. The highest BCUT2D eigenvalue weighted by atomic mass is 16.5. The van der Waals surface area contributed by atoms with Crippen molar-refractivity contribution in [3.63, 3.8) is 0 Å². The molecule has 2 aromatic rings. The number of carbonyl (C=O) groups is 1. The van der Waals surface area contributed by atoms with Crippen molar-refractivity contribution in [1.29, 1.82) is 0 Å². The van der Waals surface area contributed by atoms with Crippen molar-refractivity contribution in [1.82, 2.24) is 15.3 Å². The molecular formula is C17H19N5O2. The number of fused-ring (bicyclic) bond motifs is 2. The second-order valence-corrected chi connectivity index (χ2v) is 6.20. The van der Waals surface area contributed by atoms with Gasteiger partial charge in [-0.2, -0.15) is 0 Å². The molecule has 1 aromatic heterocycles. The molecule has 4 rings (SSSR count). The highest BCUT2D eigenvalue weighted by molar-refractivity contribution is 6.03. The zero-order valence-corrected chi connectivity index (χ0v) is 13.5. The molecule has 3 N–H and O–H groups in total. The lowest BCUT2D eigenvalue weighted by atomic mass is 9.77. The van der Waals surface area contributed by atoms with E-state index in [9.17, 15) is 4.79 Å². The van der Waals surface area contributed by atoms with E-state index in [1.807, 2.05) is 24.3 Å². The third-order valence-corrected chi connectivity index (χ3v) is 4.86. The van der Waals surface area contributed by atoms with Crippen molar-refractivity contribution in [3.8, 4) is 5.75 Å². The monoisotopic (exact) mass is 325 g/mol. The SMILES string of the molecule is COc1ccc(N2Cc3cnc(N)nc3C3(CCNC3)C2=O)cc1. The van der Waals surface area contributed by atoms with Gasteiger partial charge in [0, 0.05) is 24.0 Å². The normalized spacial score (nSPS) is 22.7. The highest BCUT2D eigenvalue weighted by Gasteiger charge is 2.51. The largest absolute Gasteiger partial charge is 0.497 e. The van der Waals surface area contributed by atoms with Gasteiger partial charge in [0.25, 0.3) is 0 Å². The van der Waals surface area contributed by atoms with E-state index in [1.54, 1.807) is 18.2 Å². The van der Waals surface area contributed by atoms with E-state index >= 15 is 0 Å². The fraction of sp³-hybridized carbons (Fsp3) is 0.353. The van der Waals surface area contributed by atoms with Crippen LogP contribution >= 0.6 is 0 Å². The first-order valence-electron chi connectivity index (χ1n) is 7.93.